The Kier molecular flexibility index (Phi) is 5.42. The molecule has 2 aromatic carbocycles. The third kappa shape index (κ3) is 3.56. The molecule has 32 heavy (non-hydrogen) atoms. The van der Waals surface area contributed by atoms with E-state index in [9.17, 15) is 9.59 Å². The molecular formula is C23H24N6O2S. The number of tetrazole rings is 1. The Labute approximate surface area is 190 Å². The molecule has 1 saturated heterocycles. The van der Waals surface area contributed by atoms with Gasteiger partial charge in [0.05, 0.1) is 17.7 Å². The van der Waals surface area contributed by atoms with Crippen LogP contribution in [0.3, 0.4) is 0 Å². The number of carbonyl (C=O) groups excluding carboxylic acids is 2. The Balaban J connectivity index is 1.31. The largest absolute Gasteiger partial charge is 0.342 e. The third-order valence-electron chi connectivity index (χ3n) is 6.42. The zero-order valence-electron chi connectivity index (χ0n) is 17.8. The predicted molar refractivity (Wildman–Crippen MR) is 121 cm³/mol. The monoisotopic (exact) mass is 448 g/mol. The highest BCUT2D eigenvalue weighted by atomic mass is 32.2. The lowest BCUT2D eigenvalue weighted by atomic mass is 9.73. The number of benzene rings is 2. The molecule has 1 aromatic heterocycles. The summed E-state index contributed by atoms with van der Waals surface area (Å²) in [4.78, 5) is 30.3. The molecule has 164 valence electrons. The number of hydrogen-bond donors (Lipinski definition) is 0. The molecule has 0 aliphatic carbocycles. The molecule has 2 aliphatic rings. The van der Waals surface area contributed by atoms with Gasteiger partial charge in [0.2, 0.25) is 17.0 Å². The molecular weight excluding hydrogens is 424 g/mol. The fourth-order valence-corrected chi connectivity index (χ4v) is 5.45. The Morgan fingerprint density at radius 2 is 1.78 bits per heavy atom. The third-order valence-corrected chi connectivity index (χ3v) is 7.42. The van der Waals surface area contributed by atoms with Crippen molar-refractivity contribution in [2.24, 2.45) is 7.05 Å². The number of thioether (sulfide) groups is 1. The second-order valence-electron chi connectivity index (χ2n) is 8.23. The normalized spacial score (nSPS) is 17.1. The van der Waals surface area contributed by atoms with Crippen LogP contribution in [0.2, 0.25) is 0 Å². The van der Waals surface area contributed by atoms with Gasteiger partial charge in [-0.1, -0.05) is 60.3 Å². The van der Waals surface area contributed by atoms with Crippen LogP contribution in [-0.4, -0.2) is 55.8 Å². The summed E-state index contributed by atoms with van der Waals surface area (Å²) in [6, 6.07) is 18.2. The van der Waals surface area contributed by atoms with E-state index >= 15 is 0 Å². The quantitative estimate of drug-likeness (QED) is 0.558. The van der Waals surface area contributed by atoms with E-state index < -0.39 is 5.41 Å². The van der Waals surface area contributed by atoms with E-state index in [-0.39, 0.29) is 17.6 Å². The first-order chi connectivity index (χ1) is 15.6. The van der Waals surface area contributed by atoms with Gasteiger partial charge in [0.1, 0.15) is 0 Å². The molecule has 0 unspecified atom stereocenters. The number of aromatic nitrogens is 4. The number of fused-ring (bicyclic) bond motifs is 2. The molecule has 0 bridgehead atoms. The molecule has 1 fully saturated rings. The van der Waals surface area contributed by atoms with Gasteiger partial charge in [-0.2, -0.15) is 0 Å². The molecule has 5 rings (SSSR count). The van der Waals surface area contributed by atoms with Gasteiger partial charge >= 0.3 is 0 Å². The Morgan fingerprint density at radius 3 is 2.50 bits per heavy atom. The van der Waals surface area contributed by atoms with E-state index in [2.05, 4.69) is 21.6 Å². The first kappa shape index (κ1) is 20.7. The summed E-state index contributed by atoms with van der Waals surface area (Å²) in [7, 11) is 1.75. The van der Waals surface area contributed by atoms with Gasteiger partial charge in [-0.15, -0.1) is 5.10 Å². The summed E-state index contributed by atoms with van der Waals surface area (Å²) >= 11 is 1.33. The fourth-order valence-electron chi connectivity index (χ4n) is 4.70. The standard InChI is InChI=1S/C23H24N6O2S/c1-27-22(24-25-26-27)32-16-20(30)28-13-11-23(12-14-28)18-9-5-6-10-19(18)29(21(23)31)15-17-7-3-2-4-8-17/h2-10H,11-16H2,1H3. The zero-order valence-corrected chi connectivity index (χ0v) is 18.7. The van der Waals surface area contributed by atoms with Gasteiger partial charge in [-0.3, -0.25) is 9.59 Å². The molecule has 3 heterocycles. The molecule has 8 nitrogen and oxygen atoms in total. The predicted octanol–water partition coefficient (Wildman–Crippen LogP) is 2.41. The summed E-state index contributed by atoms with van der Waals surface area (Å²) in [5.74, 6) is 0.480. The van der Waals surface area contributed by atoms with Crippen LogP contribution in [0.4, 0.5) is 5.69 Å². The summed E-state index contributed by atoms with van der Waals surface area (Å²) in [6.45, 7) is 1.69. The van der Waals surface area contributed by atoms with Crippen LogP contribution in [0.15, 0.2) is 59.8 Å². The first-order valence-corrected chi connectivity index (χ1v) is 11.7. The lowest BCUT2D eigenvalue weighted by Crippen LogP contribution is -2.50. The maximum absolute atomic E-state index is 13.7. The number of anilines is 1. The van der Waals surface area contributed by atoms with Gasteiger partial charge < -0.3 is 9.80 Å². The molecule has 1 spiro atoms. The van der Waals surface area contributed by atoms with Crippen molar-refractivity contribution in [1.29, 1.82) is 0 Å². The summed E-state index contributed by atoms with van der Waals surface area (Å²) < 4.78 is 1.55. The molecule has 0 radical (unpaired) electrons. The van der Waals surface area contributed by atoms with Crippen molar-refractivity contribution in [3.63, 3.8) is 0 Å². The maximum atomic E-state index is 13.7. The Morgan fingerprint density at radius 1 is 1.06 bits per heavy atom. The number of rotatable bonds is 5. The van der Waals surface area contributed by atoms with E-state index in [1.807, 2.05) is 58.3 Å². The fraction of sp³-hybridized carbons (Fsp3) is 0.348. The number of carbonyl (C=O) groups is 2. The van der Waals surface area contributed by atoms with Crippen LogP contribution in [0.1, 0.15) is 24.0 Å². The molecule has 2 aliphatic heterocycles. The summed E-state index contributed by atoms with van der Waals surface area (Å²) in [5, 5.41) is 11.9. The molecule has 9 heteroatoms. The Bertz CT molecular complexity index is 1140. The van der Waals surface area contributed by atoms with Crippen molar-refractivity contribution in [3.8, 4) is 0 Å². The minimum atomic E-state index is -0.553. The number of likely N-dealkylation sites (tertiary alicyclic amines) is 1. The highest BCUT2D eigenvalue weighted by Crippen LogP contribution is 2.48. The number of piperidine rings is 1. The van der Waals surface area contributed by atoms with Crippen LogP contribution in [0.25, 0.3) is 0 Å². The summed E-state index contributed by atoms with van der Waals surface area (Å²) in [6.07, 6.45) is 1.27. The number of hydrogen-bond acceptors (Lipinski definition) is 6. The molecule has 0 atom stereocenters. The lowest BCUT2D eigenvalue weighted by Gasteiger charge is -2.38. The van der Waals surface area contributed by atoms with Crippen molar-refractivity contribution in [3.05, 3.63) is 65.7 Å². The van der Waals surface area contributed by atoms with Crippen LogP contribution < -0.4 is 4.90 Å². The highest BCUT2D eigenvalue weighted by molar-refractivity contribution is 7.99. The number of para-hydroxylation sites is 1. The minimum Gasteiger partial charge on any atom is -0.342 e. The number of aryl methyl sites for hydroxylation is 1. The Hall–Kier alpha value is -3.20. The topological polar surface area (TPSA) is 84.2 Å². The van der Waals surface area contributed by atoms with Gasteiger partial charge in [-0.25, -0.2) is 4.68 Å². The number of nitrogens with zero attached hydrogens (tertiary/aromatic N) is 6. The van der Waals surface area contributed by atoms with Gasteiger partial charge in [-0.05, 0) is 40.5 Å². The number of amides is 2. The zero-order chi connectivity index (χ0) is 22.1. The molecule has 3 aromatic rings. The lowest BCUT2D eigenvalue weighted by molar-refractivity contribution is -0.133. The van der Waals surface area contributed by atoms with E-state index in [0.29, 0.717) is 37.6 Å². The van der Waals surface area contributed by atoms with Crippen molar-refractivity contribution in [2.45, 2.75) is 30.0 Å². The smallest absolute Gasteiger partial charge is 0.238 e. The van der Waals surface area contributed by atoms with E-state index in [0.717, 1.165) is 16.8 Å². The van der Waals surface area contributed by atoms with Crippen molar-refractivity contribution in [2.75, 3.05) is 23.7 Å². The van der Waals surface area contributed by atoms with Crippen LogP contribution in [0, 0.1) is 0 Å². The second-order valence-corrected chi connectivity index (χ2v) is 9.17. The molecule has 2 amide bonds. The highest BCUT2D eigenvalue weighted by Gasteiger charge is 2.52. The van der Waals surface area contributed by atoms with Crippen LogP contribution >= 0.6 is 11.8 Å². The van der Waals surface area contributed by atoms with E-state index in [1.165, 1.54) is 11.8 Å². The summed E-state index contributed by atoms with van der Waals surface area (Å²) in [5.41, 5.74) is 2.64. The van der Waals surface area contributed by atoms with Crippen molar-refractivity contribution >= 4 is 29.3 Å². The average molecular weight is 449 g/mol. The second kappa shape index (κ2) is 8.38. The molecule has 0 N–H and O–H groups in total. The minimum absolute atomic E-state index is 0.0488. The maximum Gasteiger partial charge on any atom is 0.238 e. The first-order valence-electron chi connectivity index (χ1n) is 10.7. The van der Waals surface area contributed by atoms with Crippen LogP contribution in [-0.2, 0) is 28.6 Å². The van der Waals surface area contributed by atoms with Crippen LogP contribution in [0.5, 0.6) is 0 Å². The van der Waals surface area contributed by atoms with E-state index in [4.69, 9.17) is 0 Å². The van der Waals surface area contributed by atoms with E-state index in [1.54, 1.807) is 11.7 Å². The molecule has 0 saturated carbocycles. The van der Waals surface area contributed by atoms with Gasteiger partial charge in [0.15, 0.2) is 0 Å². The van der Waals surface area contributed by atoms with Crippen molar-refractivity contribution in [1.82, 2.24) is 25.1 Å². The SMILES string of the molecule is Cn1nnnc1SCC(=O)N1CCC2(CC1)C(=O)N(Cc1ccccc1)c1ccccc12. The average Bonchev–Trinajstić information content (AvgIpc) is 3.34. The van der Waals surface area contributed by atoms with Gasteiger partial charge in [0, 0.05) is 25.8 Å². The van der Waals surface area contributed by atoms with Crippen molar-refractivity contribution < 1.29 is 9.59 Å². The van der Waals surface area contributed by atoms with Gasteiger partial charge in [0.25, 0.3) is 0 Å².